The van der Waals surface area contributed by atoms with E-state index in [0.29, 0.717) is 25.6 Å². The number of aryl methyl sites for hydroxylation is 1. The zero-order chi connectivity index (χ0) is 14.2. The predicted octanol–water partition coefficient (Wildman–Crippen LogP) is 2.42. The van der Waals surface area contributed by atoms with Crippen molar-refractivity contribution >= 4 is 15.9 Å². The highest BCUT2D eigenvalue weighted by atomic mass is 32.2. The van der Waals surface area contributed by atoms with E-state index >= 15 is 0 Å². The van der Waals surface area contributed by atoms with Gasteiger partial charge in [-0.2, -0.15) is 12.7 Å². The second-order valence-corrected chi connectivity index (χ2v) is 7.75. The van der Waals surface area contributed by atoms with E-state index in [4.69, 9.17) is 0 Å². The molecule has 0 aromatic heterocycles. The minimum absolute atomic E-state index is 0.603. The van der Waals surface area contributed by atoms with Crippen LogP contribution in [0, 0.1) is 5.92 Å². The summed E-state index contributed by atoms with van der Waals surface area (Å²) < 4.78 is 29.0. The van der Waals surface area contributed by atoms with E-state index in [1.807, 2.05) is 24.3 Å². The van der Waals surface area contributed by atoms with Crippen molar-refractivity contribution in [1.82, 2.24) is 4.31 Å². The van der Waals surface area contributed by atoms with Gasteiger partial charge in [0.25, 0.3) is 0 Å². The number of benzene rings is 1. The van der Waals surface area contributed by atoms with Gasteiger partial charge in [-0.25, -0.2) is 0 Å². The van der Waals surface area contributed by atoms with E-state index in [1.165, 1.54) is 0 Å². The quantitative estimate of drug-likeness (QED) is 0.840. The molecule has 0 bridgehead atoms. The molecule has 0 unspecified atom stereocenters. The first kappa shape index (κ1) is 13.9. The highest BCUT2D eigenvalue weighted by molar-refractivity contribution is 7.90. The third kappa shape index (κ3) is 2.44. The molecule has 0 aliphatic carbocycles. The van der Waals surface area contributed by atoms with Gasteiger partial charge < -0.3 is 0 Å². The Hall–Kier alpha value is -1.07. The summed E-state index contributed by atoms with van der Waals surface area (Å²) in [7, 11) is -3.36. The molecule has 2 aliphatic rings. The average molecular weight is 294 g/mol. The number of anilines is 1. The van der Waals surface area contributed by atoms with Crippen molar-refractivity contribution in [2.24, 2.45) is 5.92 Å². The summed E-state index contributed by atoms with van der Waals surface area (Å²) in [5.41, 5.74) is 2.02. The van der Waals surface area contributed by atoms with Gasteiger partial charge in [0.2, 0.25) is 0 Å². The Balaban J connectivity index is 1.89. The lowest BCUT2D eigenvalue weighted by Crippen LogP contribution is -2.48. The second kappa shape index (κ2) is 5.37. The zero-order valence-corrected chi connectivity index (χ0v) is 12.8. The maximum atomic E-state index is 12.9. The fraction of sp³-hybridized carbons (Fsp3) is 0.600. The minimum Gasteiger partial charge on any atom is -0.257 e. The normalized spacial score (nSPS) is 21.8. The monoisotopic (exact) mass is 294 g/mol. The van der Waals surface area contributed by atoms with Crippen LogP contribution in [0.2, 0.25) is 0 Å². The third-order valence-electron chi connectivity index (χ3n) is 4.42. The Morgan fingerprint density at radius 3 is 2.55 bits per heavy atom. The summed E-state index contributed by atoms with van der Waals surface area (Å²) in [6.07, 6.45) is 3.81. The van der Waals surface area contributed by atoms with Crippen molar-refractivity contribution in [2.75, 3.05) is 23.9 Å². The molecule has 1 aromatic rings. The Labute approximate surface area is 121 Å². The summed E-state index contributed by atoms with van der Waals surface area (Å²) in [6, 6.07) is 7.87. The van der Waals surface area contributed by atoms with Gasteiger partial charge in [-0.1, -0.05) is 25.1 Å². The highest BCUT2D eigenvalue weighted by Gasteiger charge is 2.34. The zero-order valence-electron chi connectivity index (χ0n) is 12.0. The van der Waals surface area contributed by atoms with E-state index in [-0.39, 0.29) is 0 Å². The molecule has 2 heterocycles. The van der Waals surface area contributed by atoms with Gasteiger partial charge in [-0.15, -0.1) is 0 Å². The summed E-state index contributed by atoms with van der Waals surface area (Å²) >= 11 is 0. The average Bonchev–Trinajstić information content (AvgIpc) is 2.47. The molecule has 3 rings (SSSR count). The maximum absolute atomic E-state index is 12.9. The molecule has 110 valence electrons. The standard InChI is InChI=1S/C15H22N2O2S/c1-13-8-11-16(12-9-13)20(18,19)17-10-4-6-14-5-2-3-7-15(14)17/h2-3,5,7,13H,4,6,8-12H2,1H3. The molecule has 0 amide bonds. The maximum Gasteiger partial charge on any atom is 0.304 e. The van der Waals surface area contributed by atoms with E-state index < -0.39 is 10.2 Å². The van der Waals surface area contributed by atoms with Crippen LogP contribution in [-0.2, 0) is 16.6 Å². The van der Waals surface area contributed by atoms with Crippen LogP contribution in [0.5, 0.6) is 0 Å². The molecule has 1 fully saturated rings. The van der Waals surface area contributed by atoms with Crippen molar-refractivity contribution in [2.45, 2.75) is 32.6 Å². The van der Waals surface area contributed by atoms with Gasteiger partial charge in [0.15, 0.2) is 0 Å². The summed E-state index contributed by atoms with van der Waals surface area (Å²) in [6.45, 7) is 4.11. The van der Waals surface area contributed by atoms with Crippen LogP contribution >= 0.6 is 0 Å². The molecule has 4 nitrogen and oxygen atoms in total. The van der Waals surface area contributed by atoms with Crippen molar-refractivity contribution in [3.05, 3.63) is 29.8 Å². The number of piperidine rings is 1. The fourth-order valence-corrected chi connectivity index (χ4v) is 4.83. The van der Waals surface area contributed by atoms with Gasteiger partial charge in [0.05, 0.1) is 5.69 Å². The van der Waals surface area contributed by atoms with Gasteiger partial charge in [-0.05, 0) is 43.2 Å². The molecule has 0 atom stereocenters. The molecular weight excluding hydrogens is 272 g/mol. The van der Waals surface area contributed by atoms with Gasteiger partial charge in [0.1, 0.15) is 0 Å². The Kier molecular flexibility index (Phi) is 3.73. The second-order valence-electron chi connectivity index (χ2n) is 5.89. The van der Waals surface area contributed by atoms with E-state index in [0.717, 1.165) is 36.9 Å². The number of nitrogens with zero attached hydrogens (tertiary/aromatic N) is 2. The van der Waals surface area contributed by atoms with Crippen LogP contribution in [0.25, 0.3) is 0 Å². The molecule has 0 radical (unpaired) electrons. The summed E-state index contributed by atoms with van der Waals surface area (Å²) in [5.74, 6) is 0.634. The van der Waals surface area contributed by atoms with Crippen LogP contribution in [0.3, 0.4) is 0 Å². The summed E-state index contributed by atoms with van der Waals surface area (Å²) in [4.78, 5) is 0. The van der Waals surface area contributed by atoms with Crippen LogP contribution in [0.4, 0.5) is 5.69 Å². The topological polar surface area (TPSA) is 40.6 Å². The molecule has 2 aliphatic heterocycles. The lowest BCUT2D eigenvalue weighted by molar-refractivity contribution is 0.287. The number of para-hydroxylation sites is 1. The van der Waals surface area contributed by atoms with Gasteiger partial charge in [0, 0.05) is 19.6 Å². The Bertz CT molecular complexity index is 577. The SMILES string of the molecule is CC1CCN(S(=O)(=O)N2CCCc3ccccc32)CC1. The third-order valence-corrected chi connectivity index (χ3v) is 6.37. The molecule has 0 spiro atoms. The summed E-state index contributed by atoms with van der Waals surface area (Å²) in [5, 5.41) is 0. The molecule has 1 saturated heterocycles. The Morgan fingerprint density at radius 2 is 1.80 bits per heavy atom. The van der Waals surface area contributed by atoms with Crippen molar-refractivity contribution in [3.63, 3.8) is 0 Å². The molecule has 0 N–H and O–H groups in total. The van der Waals surface area contributed by atoms with Crippen molar-refractivity contribution in [3.8, 4) is 0 Å². The highest BCUT2D eigenvalue weighted by Crippen LogP contribution is 2.31. The van der Waals surface area contributed by atoms with Gasteiger partial charge >= 0.3 is 10.2 Å². The van der Waals surface area contributed by atoms with E-state index in [9.17, 15) is 8.42 Å². The van der Waals surface area contributed by atoms with Crippen molar-refractivity contribution in [1.29, 1.82) is 0 Å². The largest absolute Gasteiger partial charge is 0.304 e. The first-order chi connectivity index (χ1) is 9.59. The number of hydrogen-bond acceptors (Lipinski definition) is 2. The van der Waals surface area contributed by atoms with Crippen LogP contribution < -0.4 is 4.31 Å². The van der Waals surface area contributed by atoms with Crippen LogP contribution in [0.1, 0.15) is 31.7 Å². The van der Waals surface area contributed by atoms with E-state index in [1.54, 1.807) is 8.61 Å². The van der Waals surface area contributed by atoms with Crippen LogP contribution in [0.15, 0.2) is 24.3 Å². The van der Waals surface area contributed by atoms with Gasteiger partial charge in [-0.3, -0.25) is 4.31 Å². The molecule has 1 aromatic carbocycles. The molecular formula is C15H22N2O2S. The van der Waals surface area contributed by atoms with E-state index in [2.05, 4.69) is 6.92 Å². The van der Waals surface area contributed by atoms with Crippen molar-refractivity contribution < 1.29 is 8.42 Å². The Morgan fingerprint density at radius 1 is 1.10 bits per heavy atom. The first-order valence-electron chi connectivity index (χ1n) is 7.45. The van der Waals surface area contributed by atoms with Crippen LogP contribution in [-0.4, -0.2) is 32.4 Å². The number of hydrogen-bond donors (Lipinski definition) is 0. The fourth-order valence-electron chi connectivity index (χ4n) is 3.09. The number of rotatable bonds is 2. The number of fused-ring (bicyclic) bond motifs is 1. The lowest BCUT2D eigenvalue weighted by atomic mass is 10.0. The molecule has 5 heteroatoms. The molecule has 20 heavy (non-hydrogen) atoms. The smallest absolute Gasteiger partial charge is 0.257 e. The molecule has 0 saturated carbocycles. The predicted molar refractivity (Wildman–Crippen MR) is 81.0 cm³/mol. The first-order valence-corrected chi connectivity index (χ1v) is 8.84. The minimum atomic E-state index is -3.36. The lowest BCUT2D eigenvalue weighted by Gasteiger charge is -2.37.